The molecule has 0 fully saturated rings. The molecule has 1 heterocycles. The zero-order chi connectivity index (χ0) is 26.9. The van der Waals surface area contributed by atoms with Crippen molar-refractivity contribution in [3.05, 3.63) is 82.9 Å². The van der Waals surface area contributed by atoms with Crippen LogP contribution in [0.3, 0.4) is 0 Å². The fourth-order valence-corrected chi connectivity index (χ4v) is 3.89. The Morgan fingerprint density at radius 1 is 1.30 bits per heavy atom. The first-order valence-electron chi connectivity index (χ1n) is 11.0. The number of hydrogen-bond donors (Lipinski definition) is 3. The van der Waals surface area contributed by atoms with Gasteiger partial charge in [-0.3, -0.25) is 14.7 Å². The van der Waals surface area contributed by atoms with Crippen LogP contribution in [-0.4, -0.2) is 65.6 Å². The molecule has 0 aliphatic rings. The van der Waals surface area contributed by atoms with Crippen LogP contribution in [0.1, 0.15) is 27.5 Å². The van der Waals surface area contributed by atoms with Gasteiger partial charge in [0.1, 0.15) is 0 Å². The van der Waals surface area contributed by atoms with Gasteiger partial charge in [-0.2, -0.15) is 5.12 Å². The molecule has 12 heteroatoms. The average Bonchev–Trinajstić information content (AvgIpc) is 3.46. The summed E-state index contributed by atoms with van der Waals surface area (Å²) < 4.78 is 31.3. The number of hydrogen-bond acceptors (Lipinski definition) is 6. The predicted octanol–water partition coefficient (Wildman–Crippen LogP) is 4.61. The number of amides is 1. The van der Waals surface area contributed by atoms with Gasteiger partial charge in [-0.15, -0.1) is 0 Å². The molecule has 9 nitrogen and oxygen atoms in total. The highest BCUT2D eigenvalue weighted by Crippen LogP contribution is 2.32. The number of alkyl halides is 1. The van der Waals surface area contributed by atoms with Gasteiger partial charge in [0.05, 0.1) is 30.9 Å². The number of methoxy groups -OCH3 is 1. The highest BCUT2D eigenvalue weighted by molar-refractivity contribution is 6.33. The number of aromatic nitrogens is 2. The van der Waals surface area contributed by atoms with E-state index in [0.29, 0.717) is 27.4 Å². The van der Waals surface area contributed by atoms with Gasteiger partial charge in [-0.1, -0.05) is 34.3 Å². The Hall–Kier alpha value is -4.09. The van der Waals surface area contributed by atoms with Gasteiger partial charge in [0.2, 0.25) is 0 Å². The average molecular weight is 530 g/mol. The number of ether oxygens (including phenoxy) is 1. The van der Waals surface area contributed by atoms with Crippen LogP contribution in [0.4, 0.5) is 8.87 Å². The van der Waals surface area contributed by atoms with E-state index in [0.717, 1.165) is 12.4 Å². The van der Waals surface area contributed by atoms with E-state index in [2.05, 4.69) is 15.0 Å². The smallest absolute Gasteiger partial charge is 0.261 e. The summed E-state index contributed by atoms with van der Waals surface area (Å²) in [5.74, 6) is -0.503. The number of nitrogens with one attached hydrogen (secondary N) is 2. The van der Waals surface area contributed by atoms with E-state index in [4.69, 9.17) is 27.5 Å². The summed E-state index contributed by atoms with van der Waals surface area (Å²) >= 11 is 6.41. The van der Waals surface area contributed by atoms with E-state index >= 15 is 0 Å². The number of carbonyl (C=O) groups is 1. The van der Waals surface area contributed by atoms with Crippen molar-refractivity contribution in [3.8, 4) is 11.3 Å². The van der Waals surface area contributed by atoms with Crippen LogP contribution in [0, 0.1) is 5.41 Å². The van der Waals surface area contributed by atoms with E-state index in [1.165, 1.54) is 49.7 Å². The van der Waals surface area contributed by atoms with Gasteiger partial charge < -0.3 is 20.9 Å². The SMILES string of the molecule is CN=C(N)N(C(=O)c1ccc(/C(C=N)=C/N(F)CF)cc1)C(COC)c1ccc(Cl)c(-c2cnc[nH]2)c1. The molecule has 1 amide bonds. The zero-order valence-corrected chi connectivity index (χ0v) is 20.9. The summed E-state index contributed by atoms with van der Waals surface area (Å²) in [5, 5.41) is 7.80. The minimum Gasteiger partial charge on any atom is -0.382 e. The Balaban J connectivity index is 2.02. The highest BCUT2D eigenvalue weighted by Gasteiger charge is 2.30. The molecule has 0 saturated heterocycles. The number of benzene rings is 2. The Bertz CT molecular complexity index is 1280. The number of carbonyl (C=O) groups excluding carboxylic acids is 1. The molecule has 0 saturated carbocycles. The molecule has 2 aromatic carbocycles. The number of imidazole rings is 1. The zero-order valence-electron chi connectivity index (χ0n) is 20.2. The van der Waals surface area contributed by atoms with E-state index in [9.17, 15) is 13.7 Å². The monoisotopic (exact) mass is 529 g/mol. The number of rotatable bonds is 10. The van der Waals surface area contributed by atoms with E-state index in [-0.39, 0.29) is 28.8 Å². The van der Waals surface area contributed by atoms with Crippen LogP contribution in [0.15, 0.2) is 66.2 Å². The van der Waals surface area contributed by atoms with Gasteiger partial charge in [0.25, 0.3) is 5.91 Å². The van der Waals surface area contributed by atoms with Crippen LogP contribution >= 0.6 is 11.6 Å². The van der Waals surface area contributed by atoms with E-state index < -0.39 is 18.7 Å². The third-order valence-corrected chi connectivity index (χ3v) is 5.84. The number of allylic oxidation sites excluding steroid dienone is 1. The summed E-state index contributed by atoms with van der Waals surface area (Å²) in [6.45, 7) is -1.26. The van der Waals surface area contributed by atoms with Crippen molar-refractivity contribution in [2.45, 2.75) is 6.04 Å². The summed E-state index contributed by atoms with van der Waals surface area (Å²) in [7, 11) is 2.97. The molecule has 4 N–H and O–H groups in total. The molecule has 3 aromatic rings. The van der Waals surface area contributed by atoms with Crippen molar-refractivity contribution in [2.24, 2.45) is 10.7 Å². The molecule has 3 rings (SSSR count). The molecule has 1 atom stereocenters. The first-order valence-corrected chi connectivity index (χ1v) is 11.4. The standard InChI is InChI=1S/C25H26ClF2N7O2/c1-31-25(30)35(24(36)17-5-3-16(4-6-17)19(10-29)12-34(28)14-27)23(13-37-2)18-7-8-21(26)20(9-18)22-11-32-15-33-22/h3-12,15,23,29H,13-14H2,1-2H3,(H2,30,31)(H,32,33)/b19-12+,29-10?. The van der Waals surface area contributed by atoms with E-state index in [1.54, 1.807) is 18.3 Å². The third-order valence-electron chi connectivity index (χ3n) is 5.51. The van der Waals surface area contributed by atoms with Crippen molar-refractivity contribution in [2.75, 3.05) is 27.6 Å². The van der Waals surface area contributed by atoms with Crippen LogP contribution in [0.25, 0.3) is 16.8 Å². The molecule has 0 aliphatic heterocycles. The van der Waals surface area contributed by atoms with Crippen molar-refractivity contribution >= 4 is 35.3 Å². The van der Waals surface area contributed by atoms with Crippen molar-refractivity contribution < 1.29 is 18.4 Å². The Morgan fingerprint density at radius 2 is 2.00 bits per heavy atom. The molecule has 0 aliphatic carbocycles. The summed E-state index contributed by atoms with van der Waals surface area (Å²) in [6, 6.07) is 10.7. The molecule has 0 spiro atoms. The van der Waals surface area contributed by atoms with Crippen molar-refractivity contribution in [1.82, 2.24) is 20.0 Å². The number of nitrogens with two attached hydrogens (primary N) is 1. The largest absolute Gasteiger partial charge is 0.382 e. The van der Waals surface area contributed by atoms with Gasteiger partial charge in [-0.05, 0) is 35.4 Å². The third kappa shape index (κ3) is 6.38. The lowest BCUT2D eigenvalue weighted by molar-refractivity contribution is 0.0408. The molecule has 1 aromatic heterocycles. The van der Waals surface area contributed by atoms with Crippen LogP contribution in [0.2, 0.25) is 5.02 Å². The maximum Gasteiger partial charge on any atom is 0.261 e. The van der Waals surface area contributed by atoms with Crippen molar-refractivity contribution in [1.29, 1.82) is 5.41 Å². The number of H-pyrrole nitrogens is 1. The van der Waals surface area contributed by atoms with Gasteiger partial charge >= 0.3 is 0 Å². The molecule has 37 heavy (non-hydrogen) atoms. The van der Waals surface area contributed by atoms with Gasteiger partial charge in [0, 0.05) is 48.3 Å². The maximum atomic E-state index is 13.7. The fraction of sp³-hybridized carbons (Fsp3) is 0.200. The number of aromatic amines is 1. The Kier molecular flexibility index (Phi) is 9.47. The summed E-state index contributed by atoms with van der Waals surface area (Å²) in [4.78, 5) is 26.1. The molecular weight excluding hydrogens is 504 g/mol. The molecule has 194 valence electrons. The molecule has 0 bridgehead atoms. The quantitative estimate of drug-likeness (QED) is 0.153. The van der Waals surface area contributed by atoms with Gasteiger partial charge in [0.15, 0.2) is 12.8 Å². The number of nitrogens with zero attached hydrogens (tertiary/aromatic N) is 4. The number of guanidine groups is 1. The predicted molar refractivity (Wildman–Crippen MR) is 139 cm³/mol. The normalized spacial score (nSPS) is 12.8. The lowest BCUT2D eigenvalue weighted by Crippen LogP contribution is -2.45. The first kappa shape index (κ1) is 27.5. The second kappa shape index (κ2) is 12.7. The minimum absolute atomic E-state index is 0.0368. The van der Waals surface area contributed by atoms with E-state index in [1.807, 2.05) is 6.07 Å². The second-order valence-corrected chi connectivity index (χ2v) is 8.17. The van der Waals surface area contributed by atoms with Gasteiger partial charge in [-0.25, -0.2) is 9.37 Å². The van der Waals surface area contributed by atoms with Crippen LogP contribution in [-0.2, 0) is 4.74 Å². The van der Waals surface area contributed by atoms with Crippen LogP contribution < -0.4 is 5.73 Å². The second-order valence-electron chi connectivity index (χ2n) is 7.76. The van der Waals surface area contributed by atoms with Crippen LogP contribution in [0.5, 0.6) is 0 Å². The number of halogens is 3. The Labute approximate surface area is 217 Å². The highest BCUT2D eigenvalue weighted by atomic mass is 35.5. The topological polar surface area (TPSA) is 124 Å². The number of aliphatic imine (C=N–C) groups is 1. The molecular formula is C25H26ClF2N7O2. The fourth-order valence-electron chi connectivity index (χ4n) is 3.68. The Morgan fingerprint density at radius 3 is 2.57 bits per heavy atom. The lowest BCUT2D eigenvalue weighted by Gasteiger charge is -2.31. The summed E-state index contributed by atoms with van der Waals surface area (Å²) in [5.41, 5.74) is 9.06. The minimum atomic E-state index is -1.35. The molecule has 1 unspecified atom stereocenters. The lowest BCUT2D eigenvalue weighted by atomic mass is 10.00. The van der Waals surface area contributed by atoms with Crippen molar-refractivity contribution in [3.63, 3.8) is 0 Å². The molecule has 0 radical (unpaired) electrons. The summed E-state index contributed by atoms with van der Waals surface area (Å²) in [6.07, 6.45) is 4.91. The first-order chi connectivity index (χ1) is 17.8. The maximum absolute atomic E-state index is 13.7.